The maximum Gasteiger partial charge on any atom is 0.216 e. The van der Waals surface area contributed by atoms with Crippen molar-refractivity contribution < 1.29 is 4.74 Å². The summed E-state index contributed by atoms with van der Waals surface area (Å²) in [5.41, 5.74) is 1.85. The summed E-state index contributed by atoms with van der Waals surface area (Å²) in [5, 5.41) is 4.30. The Bertz CT molecular complexity index is 553. The maximum absolute atomic E-state index is 5.11. The van der Waals surface area contributed by atoms with Gasteiger partial charge in [0.2, 0.25) is 5.88 Å². The molecule has 5 nitrogen and oxygen atoms in total. The van der Waals surface area contributed by atoms with E-state index < -0.39 is 0 Å². The Morgan fingerprint density at radius 1 is 1.37 bits per heavy atom. The number of thiazole rings is 1. The fourth-order valence-electron chi connectivity index (χ4n) is 1.57. The maximum atomic E-state index is 5.11. The second-order valence-electron chi connectivity index (χ2n) is 4.51. The average molecular weight is 278 g/mol. The number of hydrogen-bond donors (Lipinski definition) is 1. The van der Waals surface area contributed by atoms with Crippen molar-refractivity contribution in [2.45, 2.75) is 33.4 Å². The average Bonchev–Trinajstić information content (AvgIpc) is 2.78. The van der Waals surface area contributed by atoms with E-state index in [4.69, 9.17) is 4.74 Å². The Morgan fingerprint density at radius 3 is 2.84 bits per heavy atom. The lowest BCUT2D eigenvalue weighted by molar-refractivity contribution is 0.397. The first-order chi connectivity index (χ1) is 9.10. The van der Waals surface area contributed by atoms with Crippen LogP contribution in [0.15, 0.2) is 12.4 Å². The van der Waals surface area contributed by atoms with E-state index in [0.29, 0.717) is 11.9 Å². The summed E-state index contributed by atoms with van der Waals surface area (Å²) >= 11 is 1.65. The van der Waals surface area contributed by atoms with Crippen molar-refractivity contribution in [3.05, 3.63) is 23.0 Å². The van der Waals surface area contributed by atoms with Gasteiger partial charge in [0, 0.05) is 23.5 Å². The summed E-state index contributed by atoms with van der Waals surface area (Å²) in [6.45, 7) is 7.12. The van der Waals surface area contributed by atoms with Crippen LogP contribution in [0.5, 0.6) is 5.88 Å². The molecule has 0 saturated heterocycles. The first kappa shape index (κ1) is 13.9. The molecule has 0 saturated carbocycles. The number of ether oxygens (including phenoxy) is 1. The zero-order chi connectivity index (χ0) is 13.8. The van der Waals surface area contributed by atoms with Gasteiger partial charge in [0.05, 0.1) is 12.8 Å². The predicted octanol–water partition coefficient (Wildman–Crippen LogP) is 2.42. The van der Waals surface area contributed by atoms with Gasteiger partial charge in [-0.05, 0) is 6.92 Å². The molecule has 2 aromatic heterocycles. The fourth-order valence-corrected chi connectivity index (χ4v) is 2.55. The molecule has 0 aromatic carbocycles. The van der Waals surface area contributed by atoms with E-state index in [1.165, 1.54) is 11.2 Å². The van der Waals surface area contributed by atoms with Gasteiger partial charge in [0.15, 0.2) is 0 Å². The minimum absolute atomic E-state index is 0.462. The summed E-state index contributed by atoms with van der Waals surface area (Å²) < 4.78 is 5.11. The number of aryl methyl sites for hydroxylation is 1. The van der Waals surface area contributed by atoms with E-state index in [2.05, 4.69) is 34.1 Å². The smallest absolute Gasteiger partial charge is 0.216 e. The Balaban J connectivity index is 2.23. The van der Waals surface area contributed by atoms with Crippen molar-refractivity contribution in [1.29, 1.82) is 0 Å². The Morgan fingerprint density at radius 2 is 2.16 bits per heavy atom. The van der Waals surface area contributed by atoms with Gasteiger partial charge >= 0.3 is 0 Å². The van der Waals surface area contributed by atoms with E-state index >= 15 is 0 Å². The number of nitrogens with one attached hydrogen (secondary N) is 1. The second kappa shape index (κ2) is 6.08. The summed E-state index contributed by atoms with van der Waals surface area (Å²) in [4.78, 5) is 14.1. The molecule has 2 rings (SSSR count). The zero-order valence-corrected chi connectivity index (χ0v) is 12.4. The predicted molar refractivity (Wildman–Crippen MR) is 76.4 cm³/mol. The molecule has 0 bridgehead atoms. The van der Waals surface area contributed by atoms with Crippen molar-refractivity contribution in [2.24, 2.45) is 0 Å². The minimum atomic E-state index is 0.462. The molecular formula is C13H18N4OS. The number of hydrogen-bond acceptors (Lipinski definition) is 6. The highest BCUT2D eigenvalue weighted by Crippen LogP contribution is 2.27. The molecule has 6 heteroatoms. The third-order valence-electron chi connectivity index (χ3n) is 2.63. The molecule has 0 atom stereocenters. The first-order valence-corrected chi connectivity index (χ1v) is 6.98. The van der Waals surface area contributed by atoms with Crippen LogP contribution >= 0.6 is 11.3 Å². The van der Waals surface area contributed by atoms with Crippen molar-refractivity contribution in [3.63, 3.8) is 0 Å². The van der Waals surface area contributed by atoms with Gasteiger partial charge < -0.3 is 10.1 Å². The van der Waals surface area contributed by atoms with E-state index in [9.17, 15) is 0 Å². The number of rotatable bonds is 5. The van der Waals surface area contributed by atoms with Crippen LogP contribution in [-0.4, -0.2) is 28.1 Å². The summed E-state index contributed by atoms with van der Waals surface area (Å²) in [7, 11) is 1.59. The molecule has 1 N–H and O–H groups in total. The minimum Gasteiger partial charge on any atom is -0.481 e. The lowest BCUT2D eigenvalue weighted by Gasteiger charge is -2.05. The molecule has 0 aliphatic rings. The highest BCUT2D eigenvalue weighted by Gasteiger charge is 2.11. The highest BCUT2D eigenvalue weighted by atomic mass is 32.1. The molecule has 0 radical (unpaired) electrons. The van der Waals surface area contributed by atoms with Gasteiger partial charge in [0.1, 0.15) is 17.0 Å². The molecule has 19 heavy (non-hydrogen) atoms. The van der Waals surface area contributed by atoms with Crippen LogP contribution in [-0.2, 0) is 6.54 Å². The van der Waals surface area contributed by atoms with Gasteiger partial charge in [-0.15, -0.1) is 11.3 Å². The second-order valence-corrected chi connectivity index (χ2v) is 5.59. The molecule has 2 aromatic rings. The zero-order valence-electron chi connectivity index (χ0n) is 11.6. The largest absolute Gasteiger partial charge is 0.481 e. The Labute approximate surface area is 117 Å². The Hall–Kier alpha value is -1.53. The van der Waals surface area contributed by atoms with Crippen molar-refractivity contribution in [3.8, 4) is 16.6 Å². The normalized spacial score (nSPS) is 11.0. The monoisotopic (exact) mass is 278 g/mol. The molecule has 0 spiro atoms. The van der Waals surface area contributed by atoms with Gasteiger partial charge in [-0.3, -0.25) is 0 Å². The van der Waals surface area contributed by atoms with E-state index in [1.807, 2.05) is 6.92 Å². The molecule has 0 aliphatic heterocycles. The molecular weight excluding hydrogens is 260 g/mol. The van der Waals surface area contributed by atoms with Crippen LogP contribution in [0.4, 0.5) is 0 Å². The standard InChI is InChI=1S/C13H18N4OS/c1-8(2)14-6-11-9(3)17-13(19-11)10-5-12(18-4)16-7-15-10/h5,7-8,14H,6H2,1-4H3. The summed E-state index contributed by atoms with van der Waals surface area (Å²) in [6.07, 6.45) is 1.50. The fraction of sp³-hybridized carbons (Fsp3) is 0.462. The Kier molecular flexibility index (Phi) is 4.44. The number of nitrogens with zero attached hydrogens (tertiary/aromatic N) is 3. The van der Waals surface area contributed by atoms with Crippen molar-refractivity contribution in [1.82, 2.24) is 20.3 Å². The molecule has 102 valence electrons. The number of methoxy groups -OCH3 is 1. The van der Waals surface area contributed by atoms with Crippen LogP contribution < -0.4 is 10.1 Å². The third-order valence-corrected chi connectivity index (χ3v) is 3.81. The van der Waals surface area contributed by atoms with Crippen LogP contribution in [0, 0.1) is 6.92 Å². The molecule has 0 unspecified atom stereocenters. The van der Waals surface area contributed by atoms with Gasteiger partial charge in [-0.1, -0.05) is 13.8 Å². The van der Waals surface area contributed by atoms with Crippen LogP contribution in [0.3, 0.4) is 0 Å². The molecule has 0 aliphatic carbocycles. The lowest BCUT2D eigenvalue weighted by Crippen LogP contribution is -2.21. The summed E-state index contributed by atoms with van der Waals surface area (Å²) in [5.74, 6) is 0.555. The van der Waals surface area contributed by atoms with Crippen LogP contribution in [0.2, 0.25) is 0 Å². The third kappa shape index (κ3) is 3.48. The molecule has 2 heterocycles. The van der Waals surface area contributed by atoms with Gasteiger partial charge in [-0.25, -0.2) is 15.0 Å². The van der Waals surface area contributed by atoms with Crippen molar-refractivity contribution in [2.75, 3.05) is 7.11 Å². The van der Waals surface area contributed by atoms with Crippen LogP contribution in [0.25, 0.3) is 10.7 Å². The van der Waals surface area contributed by atoms with Crippen LogP contribution in [0.1, 0.15) is 24.4 Å². The topological polar surface area (TPSA) is 59.9 Å². The van der Waals surface area contributed by atoms with E-state index in [0.717, 1.165) is 22.9 Å². The first-order valence-electron chi connectivity index (χ1n) is 6.16. The van der Waals surface area contributed by atoms with Gasteiger partial charge in [0.25, 0.3) is 0 Å². The van der Waals surface area contributed by atoms with E-state index in [-0.39, 0.29) is 0 Å². The highest BCUT2D eigenvalue weighted by molar-refractivity contribution is 7.15. The lowest BCUT2D eigenvalue weighted by atomic mass is 10.3. The summed E-state index contributed by atoms with van der Waals surface area (Å²) in [6, 6.07) is 2.27. The van der Waals surface area contributed by atoms with Gasteiger partial charge in [-0.2, -0.15) is 0 Å². The SMILES string of the molecule is COc1cc(-c2nc(C)c(CNC(C)C)s2)ncn1. The quantitative estimate of drug-likeness (QED) is 0.910. The van der Waals surface area contributed by atoms with E-state index in [1.54, 1.807) is 24.5 Å². The van der Waals surface area contributed by atoms with Crippen molar-refractivity contribution >= 4 is 11.3 Å². The number of aromatic nitrogens is 3. The molecule has 0 amide bonds. The molecule has 0 fully saturated rings.